The first-order valence-corrected chi connectivity index (χ1v) is 4.61. The van der Waals surface area contributed by atoms with E-state index in [1.807, 2.05) is 0 Å². The molecule has 0 spiro atoms. The van der Waals surface area contributed by atoms with Crippen molar-refractivity contribution in [1.29, 1.82) is 0 Å². The number of aliphatic carboxylic acids is 1. The summed E-state index contributed by atoms with van der Waals surface area (Å²) >= 11 is 0. The summed E-state index contributed by atoms with van der Waals surface area (Å²) in [5.74, 6) is -2.12. The first kappa shape index (κ1) is 11.1. The quantitative estimate of drug-likeness (QED) is 0.648. The van der Waals surface area contributed by atoms with E-state index < -0.39 is 29.4 Å². The van der Waals surface area contributed by atoms with Gasteiger partial charge in [-0.2, -0.15) is 0 Å². The van der Waals surface area contributed by atoms with Crippen molar-refractivity contribution in [3.8, 4) is 0 Å². The fourth-order valence-corrected chi connectivity index (χ4v) is 1.54. The van der Waals surface area contributed by atoms with Crippen molar-refractivity contribution in [1.82, 2.24) is 9.55 Å². The number of hydrogen-bond acceptors (Lipinski definition) is 4. The molecule has 2 rings (SSSR count). The Morgan fingerprint density at radius 3 is 2.76 bits per heavy atom. The third-order valence-corrected chi connectivity index (χ3v) is 2.22. The van der Waals surface area contributed by atoms with Gasteiger partial charge in [0, 0.05) is 0 Å². The van der Waals surface area contributed by atoms with Crippen LogP contribution in [-0.4, -0.2) is 15.5 Å². The highest BCUT2D eigenvalue weighted by molar-refractivity contribution is 5.76. The fourth-order valence-electron chi connectivity index (χ4n) is 1.54. The molecule has 2 aromatic rings. The average Bonchev–Trinajstić information content (AvgIpc) is 2.24. The van der Waals surface area contributed by atoms with E-state index in [2.05, 4.69) is 4.98 Å². The highest BCUT2D eigenvalue weighted by Crippen LogP contribution is 2.09. The smallest absolute Gasteiger partial charge is 0.317 e. The second-order valence-electron chi connectivity index (χ2n) is 3.38. The van der Waals surface area contributed by atoms with Gasteiger partial charge in [-0.25, -0.2) is 4.39 Å². The van der Waals surface area contributed by atoms with Crippen molar-refractivity contribution < 1.29 is 14.3 Å². The molecule has 0 atom stereocenters. The van der Waals surface area contributed by atoms with Gasteiger partial charge in [-0.1, -0.05) is 0 Å². The summed E-state index contributed by atoms with van der Waals surface area (Å²) in [6.45, 7) is -0.759. The van der Waals surface area contributed by atoms with Gasteiger partial charge in [0.1, 0.15) is 5.82 Å². The predicted octanol–water partition coefficient (Wildman–Crippen LogP) is -1.42. The molecule has 1 N–H and O–H groups in total. The van der Waals surface area contributed by atoms with Crippen LogP contribution in [0.3, 0.4) is 0 Å². The molecule has 0 aliphatic heterocycles. The molecule has 88 valence electrons. The molecule has 1 aromatic heterocycles. The van der Waals surface area contributed by atoms with E-state index in [1.165, 1.54) is 6.07 Å². The third kappa shape index (κ3) is 1.94. The van der Waals surface area contributed by atoms with Crippen LogP contribution in [0.2, 0.25) is 0 Å². The molecule has 0 bridgehead atoms. The number of carboxylic acids is 1. The summed E-state index contributed by atoms with van der Waals surface area (Å²) < 4.78 is 13.7. The molecular formula is C10H6FN2O4-. The lowest BCUT2D eigenvalue weighted by Gasteiger charge is -2.09. The monoisotopic (exact) mass is 237 g/mol. The molecule has 7 heteroatoms. The van der Waals surface area contributed by atoms with Crippen LogP contribution in [0.4, 0.5) is 4.39 Å². The zero-order valence-electron chi connectivity index (χ0n) is 8.40. The Balaban J connectivity index is 2.87. The molecule has 1 heterocycles. The van der Waals surface area contributed by atoms with Crippen molar-refractivity contribution in [2.24, 2.45) is 0 Å². The number of carbonyl (C=O) groups excluding carboxylic acids is 1. The Labute approximate surface area is 92.9 Å². The fraction of sp³-hybridized carbons (Fsp3) is 0.100. The topological polar surface area (TPSA) is 95.0 Å². The van der Waals surface area contributed by atoms with Gasteiger partial charge in [-0.15, -0.1) is 0 Å². The lowest BCUT2D eigenvalue weighted by molar-refractivity contribution is -0.306. The maximum atomic E-state index is 12.9. The van der Waals surface area contributed by atoms with Gasteiger partial charge in [0.2, 0.25) is 0 Å². The van der Waals surface area contributed by atoms with E-state index in [-0.39, 0.29) is 11.0 Å². The van der Waals surface area contributed by atoms with Crippen LogP contribution in [0.5, 0.6) is 0 Å². The minimum atomic E-state index is -1.51. The van der Waals surface area contributed by atoms with Crippen LogP contribution >= 0.6 is 0 Å². The number of benzene rings is 1. The summed E-state index contributed by atoms with van der Waals surface area (Å²) in [7, 11) is 0. The average molecular weight is 237 g/mol. The molecule has 0 radical (unpaired) electrons. The Hall–Kier alpha value is -2.44. The SMILES string of the molecule is O=C([O-])Cn1c(=O)c(=O)[nH]c2cc(F)ccc21. The van der Waals surface area contributed by atoms with Crippen molar-refractivity contribution in [2.45, 2.75) is 6.54 Å². The largest absolute Gasteiger partial charge is 0.548 e. The highest BCUT2D eigenvalue weighted by atomic mass is 19.1. The number of carbonyl (C=O) groups is 1. The number of rotatable bonds is 2. The van der Waals surface area contributed by atoms with Crippen LogP contribution in [0, 0.1) is 5.82 Å². The molecular weight excluding hydrogens is 231 g/mol. The molecule has 0 aliphatic rings. The third-order valence-electron chi connectivity index (χ3n) is 2.22. The highest BCUT2D eigenvalue weighted by Gasteiger charge is 2.08. The molecule has 0 aliphatic carbocycles. The van der Waals surface area contributed by atoms with Gasteiger partial charge in [-0.05, 0) is 18.2 Å². The number of aromatic nitrogens is 2. The minimum Gasteiger partial charge on any atom is -0.548 e. The Morgan fingerprint density at radius 1 is 1.41 bits per heavy atom. The van der Waals surface area contributed by atoms with E-state index >= 15 is 0 Å². The second-order valence-corrected chi connectivity index (χ2v) is 3.38. The summed E-state index contributed by atoms with van der Waals surface area (Å²) in [6, 6.07) is 3.28. The summed E-state index contributed by atoms with van der Waals surface area (Å²) in [4.78, 5) is 35.3. The summed E-state index contributed by atoms with van der Waals surface area (Å²) in [5, 5.41) is 10.5. The lowest BCUT2D eigenvalue weighted by atomic mass is 10.3. The Morgan fingerprint density at radius 2 is 2.12 bits per heavy atom. The Bertz CT molecular complexity index is 716. The van der Waals surface area contributed by atoms with Gasteiger partial charge < -0.3 is 14.9 Å². The molecule has 0 unspecified atom stereocenters. The van der Waals surface area contributed by atoms with E-state index in [1.54, 1.807) is 0 Å². The normalized spacial score (nSPS) is 10.6. The van der Waals surface area contributed by atoms with Gasteiger partial charge in [0.15, 0.2) is 0 Å². The molecule has 0 saturated carbocycles. The number of hydrogen-bond donors (Lipinski definition) is 1. The maximum absolute atomic E-state index is 12.9. The Kier molecular flexibility index (Phi) is 2.51. The van der Waals surface area contributed by atoms with Crippen LogP contribution < -0.4 is 16.2 Å². The second kappa shape index (κ2) is 3.85. The van der Waals surface area contributed by atoms with Gasteiger partial charge in [-0.3, -0.25) is 14.2 Å². The summed E-state index contributed by atoms with van der Waals surface area (Å²) in [5.41, 5.74) is -1.85. The standard InChI is InChI=1S/C10H7FN2O4/c11-5-1-2-7-6(3-5)12-9(16)10(17)13(7)4-8(14)15/h1-3H,4H2,(H,12,16)(H,14,15)/p-1. The number of H-pyrrole nitrogens is 1. The molecule has 17 heavy (non-hydrogen) atoms. The van der Waals surface area contributed by atoms with Gasteiger partial charge in [0.05, 0.1) is 23.5 Å². The number of aromatic amines is 1. The van der Waals surface area contributed by atoms with Gasteiger partial charge in [0.25, 0.3) is 0 Å². The lowest BCUT2D eigenvalue weighted by Crippen LogP contribution is -2.40. The maximum Gasteiger partial charge on any atom is 0.317 e. The van der Waals surface area contributed by atoms with Crippen molar-refractivity contribution in [3.63, 3.8) is 0 Å². The first-order valence-electron chi connectivity index (χ1n) is 4.61. The van der Waals surface area contributed by atoms with E-state index in [0.717, 1.165) is 16.7 Å². The predicted molar refractivity (Wildman–Crippen MR) is 53.8 cm³/mol. The zero-order valence-corrected chi connectivity index (χ0v) is 8.40. The molecule has 1 aromatic carbocycles. The van der Waals surface area contributed by atoms with E-state index in [4.69, 9.17) is 0 Å². The van der Waals surface area contributed by atoms with Crippen molar-refractivity contribution >= 4 is 17.0 Å². The number of fused-ring (bicyclic) bond motifs is 1. The van der Waals surface area contributed by atoms with E-state index in [0.29, 0.717) is 0 Å². The minimum absolute atomic E-state index is 0.0517. The van der Waals surface area contributed by atoms with Crippen LogP contribution in [0.15, 0.2) is 27.8 Å². The van der Waals surface area contributed by atoms with Crippen LogP contribution in [0.25, 0.3) is 11.0 Å². The first-order chi connectivity index (χ1) is 7.99. The van der Waals surface area contributed by atoms with Gasteiger partial charge >= 0.3 is 11.1 Å². The molecule has 6 nitrogen and oxygen atoms in total. The number of halogens is 1. The van der Waals surface area contributed by atoms with Crippen LogP contribution in [-0.2, 0) is 11.3 Å². The number of nitrogens with one attached hydrogen (secondary N) is 1. The number of nitrogens with zero attached hydrogens (tertiary/aromatic N) is 1. The number of carboxylic acid groups (broad SMARTS) is 1. The van der Waals surface area contributed by atoms with Crippen molar-refractivity contribution in [3.05, 3.63) is 44.7 Å². The molecule has 0 fully saturated rings. The zero-order chi connectivity index (χ0) is 12.6. The molecule has 0 saturated heterocycles. The summed E-state index contributed by atoms with van der Waals surface area (Å²) in [6.07, 6.45) is 0. The molecule has 0 amide bonds. The van der Waals surface area contributed by atoms with E-state index in [9.17, 15) is 23.9 Å². The van der Waals surface area contributed by atoms with Crippen LogP contribution in [0.1, 0.15) is 0 Å². The van der Waals surface area contributed by atoms with Crippen molar-refractivity contribution in [2.75, 3.05) is 0 Å².